The van der Waals surface area contributed by atoms with Crippen molar-refractivity contribution in [3.8, 4) is 5.75 Å². The van der Waals surface area contributed by atoms with Crippen molar-refractivity contribution in [3.05, 3.63) is 63.7 Å². The third kappa shape index (κ3) is 6.43. The third-order valence-electron chi connectivity index (χ3n) is 7.69. The van der Waals surface area contributed by atoms with Gasteiger partial charge in [-0.1, -0.05) is 23.7 Å². The zero-order valence-electron chi connectivity index (χ0n) is 23.9. The van der Waals surface area contributed by atoms with Crippen molar-refractivity contribution in [3.63, 3.8) is 0 Å². The average Bonchev–Trinajstić information content (AvgIpc) is 3.33. The average molecular weight is 571 g/mol. The zero-order chi connectivity index (χ0) is 29.4. The number of nitrogens with zero attached hydrogens (tertiary/aromatic N) is 1. The SMILES string of the molecule is Cc1cc(C(=O)N[C@H](C)C(=O)N2[C@H](c3cccc(Cl)c3)CC[C@@H]2C(C)(C)O)cc(C)c1OC1CC(C)NNC1=O. The lowest BCUT2D eigenvalue weighted by molar-refractivity contribution is -0.141. The van der Waals surface area contributed by atoms with Crippen molar-refractivity contribution in [2.24, 2.45) is 0 Å². The summed E-state index contributed by atoms with van der Waals surface area (Å²) in [6, 6.07) is 9.33. The molecule has 2 heterocycles. The Bertz CT molecular complexity index is 1270. The molecule has 0 radical (unpaired) electrons. The molecule has 10 heteroatoms. The summed E-state index contributed by atoms with van der Waals surface area (Å²) >= 11 is 6.24. The molecule has 9 nitrogen and oxygen atoms in total. The molecule has 2 aromatic rings. The van der Waals surface area contributed by atoms with E-state index >= 15 is 0 Å². The normalized spacial score (nSPS) is 23.9. The Balaban J connectivity index is 1.51. The summed E-state index contributed by atoms with van der Waals surface area (Å²) in [7, 11) is 0. The summed E-state index contributed by atoms with van der Waals surface area (Å²) in [5.41, 5.74) is 7.09. The highest BCUT2D eigenvalue weighted by Gasteiger charge is 2.45. The van der Waals surface area contributed by atoms with Gasteiger partial charge in [-0.3, -0.25) is 19.8 Å². The fraction of sp³-hybridized carbons (Fsp3) is 0.500. The van der Waals surface area contributed by atoms with E-state index in [0.717, 1.165) is 5.56 Å². The summed E-state index contributed by atoms with van der Waals surface area (Å²) in [6.07, 6.45) is 1.18. The first kappa shape index (κ1) is 29.8. The lowest BCUT2D eigenvalue weighted by atomic mass is 9.96. The minimum absolute atomic E-state index is 0.0671. The van der Waals surface area contributed by atoms with E-state index in [2.05, 4.69) is 16.2 Å². The van der Waals surface area contributed by atoms with Crippen LogP contribution in [0.15, 0.2) is 36.4 Å². The van der Waals surface area contributed by atoms with Gasteiger partial charge in [0.15, 0.2) is 6.10 Å². The maximum atomic E-state index is 13.8. The Morgan fingerprint density at radius 3 is 2.48 bits per heavy atom. The van der Waals surface area contributed by atoms with E-state index in [0.29, 0.717) is 46.7 Å². The number of rotatable bonds is 7. The van der Waals surface area contributed by atoms with Gasteiger partial charge in [0.2, 0.25) is 5.91 Å². The monoisotopic (exact) mass is 570 g/mol. The number of hydrogen-bond donors (Lipinski definition) is 4. The summed E-state index contributed by atoms with van der Waals surface area (Å²) in [4.78, 5) is 41.0. The molecule has 0 bridgehead atoms. The molecule has 0 spiro atoms. The molecule has 2 aliphatic heterocycles. The lowest BCUT2D eigenvalue weighted by Gasteiger charge is -2.38. The van der Waals surface area contributed by atoms with Gasteiger partial charge in [-0.05, 0) is 95.3 Å². The first-order chi connectivity index (χ1) is 18.8. The minimum atomic E-state index is -1.13. The van der Waals surface area contributed by atoms with Crippen LogP contribution >= 0.6 is 11.6 Å². The lowest BCUT2D eigenvalue weighted by Crippen LogP contribution is -2.56. The van der Waals surface area contributed by atoms with Crippen LogP contribution in [0.5, 0.6) is 5.75 Å². The molecule has 2 unspecified atom stereocenters. The number of halogens is 1. The Kier molecular flexibility index (Phi) is 8.77. The Morgan fingerprint density at radius 2 is 1.85 bits per heavy atom. The van der Waals surface area contributed by atoms with E-state index in [4.69, 9.17) is 16.3 Å². The summed E-state index contributed by atoms with van der Waals surface area (Å²) in [5, 5.41) is 14.3. The van der Waals surface area contributed by atoms with Crippen molar-refractivity contribution in [2.75, 3.05) is 0 Å². The van der Waals surface area contributed by atoms with Crippen molar-refractivity contribution < 1.29 is 24.2 Å². The maximum absolute atomic E-state index is 13.8. The number of aryl methyl sites for hydroxylation is 2. The highest BCUT2D eigenvalue weighted by molar-refractivity contribution is 6.30. The quantitative estimate of drug-likeness (QED) is 0.403. The molecule has 216 valence electrons. The number of carbonyl (C=O) groups is 3. The number of likely N-dealkylation sites (tertiary alicyclic amines) is 1. The highest BCUT2D eigenvalue weighted by atomic mass is 35.5. The van der Waals surface area contributed by atoms with Crippen LogP contribution in [0, 0.1) is 13.8 Å². The number of benzene rings is 2. The molecule has 0 saturated carbocycles. The van der Waals surface area contributed by atoms with Gasteiger partial charge in [0.25, 0.3) is 11.8 Å². The number of amides is 3. The zero-order valence-corrected chi connectivity index (χ0v) is 24.6. The van der Waals surface area contributed by atoms with Crippen LogP contribution in [-0.2, 0) is 9.59 Å². The van der Waals surface area contributed by atoms with Crippen LogP contribution in [-0.4, -0.2) is 57.6 Å². The van der Waals surface area contributed by atoms with Gasteiger partial charge in [-0.2, -0.15) is 0 Å². The Hall–Kier alpha value is -3.14. The second kappa shape index (κ2) is 11.8. The molecule has 2 aliphatic rings. The Labute approximate surface area is 240 Å². The fourth-order valence-electron chi connectivity index (χ4n) is 5.69. The topological polar surface area (TPSA) is 120 Å². The smallest absolute Gasteiger partial charge is 0.275 e. The number of hydrazine groups is 1. The van der Waals surface area contributed by atoms with Crippen molar-refractivity contribution in [1.29, 1.82) is 0 Å². The summed E-state index contributed by atoms with van der Waals surface area (Å²) < 4.78 is 6.05. The van der Waals surface area contributed by atoms with Crippen LogP contribution in [0.1, 0.15) is 80.0 Å². The molecule has 4 rings (SSSR count). The number of ether oxygens (including phenoxy) is 1. The largest absolute Gasteiger partial charge is 0.480 e. The highest BCUT2D eigenvalue weighted by Crippen LogP contribution is 2.41. The third-order valence-corrected chi connectivity index (χ3v) is 7.93. The van der Waals surface area contributed by atoms with Crippen molar-refractivity contribution in [1.82, 2.24) is 21.1 Å². The van der Waals surface area contributed by atoms with Crippen molar-refractivity contribution in [2.45, 2.75) is 96.7 Å². The number of carbonyl (C=O) groups excluding carboxylic acids is 3. The predicted octanol–water partition coefficient (Wildman–Crippen LogP) is 3.74. The van der Waals surface area contributed by atoms with Gasteiger partial charge < -0.3 is 20.1 Å². The molecule has 0 aromatic heterocycles. The number of nitrogens with one attached hydrogen (secondary N) is 3. The predicted molar refractivity (Wildman–Crippen MR) is 153 cm³/mol. The summed E-state index contributed by atoms with van der Waals surface area (Å²) in [5.74, 6) is -0.356. The molecular weight excluding hydrogens is 532 g/mol. The van der Waals surface area contributed by atoms with Crippen LogP contribution in [0.25, 0.3) is 0 Å². The molecule has 2 saturated heterocycles. The standard InChI is InChI=1S/C30H39ClN4O5/c1-16-12-21(13-17(2)26(16)40-24-14-18(3)33-34-28(24)37)27(36)32-19(4)29(38)35-23(10-11-25(35)30(5,6)39)20-8-7-9-22(31)15-20/h7-9,12-13,15,18-19,23-25,33,39H,10-11,14H2,1-6H3,(H,32,36)(H,34,37)/t18?,19-,23+,24?,25-/m1/s1. The summed E-state index contributed by atoms with van der Waals surface area (Å²) in [6.45, 7) is 10.7. The van der Waals surface area contributed by atoms with E-state index < -0.39 is 29.7 Å². The number of hydrogen-bond acceptors (Lipinski definition) is 6. The van der Waals surface area contributed by atoms with E-state index in [-0.39, 0.29) is 23.9 Å². The molecular formula is C30H39ClN4O5. The van der Waals surface area contributed by atoms with Gasteiger partial charge >= 0.3 is 0 Å². The van der Waals surface area contributed by atoms with Crippen LogP contribution in [0.2, 0.25) is 5.02 Å². The molecule has 4 N–H and O–H groups in total. The van der Waals surface area contributed by atoms with Gasteiger partial charge in [0, 0.05) is 23.0 Å². The second-order valence-electron chi connectivity index (χ2n) is 11.6. The second-order valence-corrected chi connectivity index (χ2v) is 12.0. The molecule has 2 aromatic carbocycles. The van der Waals surface area contributed by atoms with Crippen LogP contribution < -0.4 is 20.9 Å². The van der Waals surface area contributed by atoms with Crippen LogP contribution in [0.3, 0.4) is 0 Å². The molecule has 2 fully saturated rings. The van der Waals surface area contributed by atoms with Crippen molar-refractivity contribution >= 4 is 29.3 Å². The van der Waals surface area contributed by atoms with Gasteiger partial charge in [0.1, 0.15) is 11.8 Å². The van der Waals surface area contributed by atoms with E-state index in [1.165, 1.54) is 0 Å². The first-order valence-electron chi connectivity index (χ1n) is 13.7. The van der Waals surface area contributed by atoms with Gasteiger partial charge in [-0.15, -0.1) is 0 Å². The van der Waals surface area contributed by atoms with Gasteiger partial charge in [-0.25, -0.2) is 5.43 Å². The van der Waals surface area contributed by atoms with Gasteiger partial charge in [0.05, 0.1) is 17.7 Å². The minimum Gasteiger partial charge on any atom is -0.480 e. The Morgan fingerprint density at radius 1 is 1.18 bits per heavy atom. The number of aliphatic hydroxyl groups is 1. The van der Waals surface area contributed by atoms with E-state index in [1.807, 2.05) is 39.0 Å². The van der Waals surface area contributed by atoms with E-state index in [9.17, 15) is 19.5 Å². The molecule has 40 heavy (non-hydrogen) atoms. The van der Waals surface area contributed by atoms with E-state index in [1.54, 1.807) is 43.9 Å². The maximum Gasteiger partial charge on any atom is 0.275 e. The fourth-order valence-corrected chi connectivity index (χ4v) is 5.89. The molecule has 5 atom stereocenters. The molecule has 3 amide bonds. The van der Waals surface area contributed by atoms with Crippen LogP contribution in [0.4, 0.5) is 0 Å². The first-order valence-corrected chi connectivity index (χ1v) is 14.1. The molecule has 0 aliphatic carbocycles.